The molecule has 0 aliphatic heterocycles. The van der Waals surface area contributed by atoms with Gasteiger partial charge < -0.3 is 15.7 Å². The lowest BCUT2D eigenvalue weighted by Crippen LogP contribution is -2.32. The van der Waals surface area contributed by atoms with Crippen LogP contribution in [0.1, 0.15) is 33.6 Å². The first-order valence-electron chi connectivity index (χ1n) is 7.98. The van der Waals surface area contributed by atoms with Gasteiger partial charge in [-0.15, -0.1) is 0 Å². The van der Waals surface area contributed by atoms with Crippen molar-refractivity contribution in [3.05, 3.63) is 65.7 Å². The normalized spacial score (nSPS) is 14.7. The molecule has 1 fully saturated rings. The fourth-order valence-corrected chi connectivity index (χ4v) is 2.50. The molecule has 124 valence electrons. The highest BCUT2D eigenvalue weighted by molar-refractivity contribution is 6.08. The van der Waals surface area contributed by atoms with E-state index in [1.807, 2.05) is 6.07 Å². The lowest BCUT2D eigenvalue weighted by Gasteiger charge is -2.15. The van der Waals surface area contributed by atoms with Gasteiger partial charge in [-0.1, -0.05) is 30.3 Å². The summed E-state index contributed by atoms with van der Waals surface area (Å²) in [7, 11) is 0. The van der Waals surface area contributed by atoms with Gasteiger partial charge in [0, 0.05) is 17.5 Å². The van der Waals surface area contributed by atoms with Gasteiger partial charge in [-0.25, -0.2) is 0 Å². The average molecular weight is 324 g/mol. The second-order valence-corrected chi connectivity index (χ2v) is 6.21. The summed E-state index contributed by atoms with van der Waals surface area (Å²) < 4.78 is 0. The Bertz CT molecular complexity index is 739. The number of hydrogen-bond acceptors (Lipinski definition) is 3. The van der Waals surface area contributed by atoms with Gasteiger partial charge in [0.1, 0.15) is 0 Å². The van der Waals surface area contributed by atoms with Gasteiger partial charge in [0.15, 0.2) is 0 Å². The first kappa shape index (κ1) is 16.2. The Morgan fingerprint density at radius 2 is 1.62 bits per heavy atom. The van der Waals surface area contributed by atoms with E-state index in [1.165, 1.54) is 0 Å². The molecule has 0 spiro atoms. The van der Waals surface area contributed by atoms with Crippen molar-refractivity contribution in [2.24, 2.45) is 5.41 Å². The lowest BCUT2D eigenvalue weighted by atomic mass is 10.1. The summed E-state index contributed by atoms with van der Waals surface area (Å²) in [6.45, 7) is 0.531. The minimum Gasteiger partial charge on any atom is -0.396 e. The van der Waals surface area contributed by atoms with Gasteiger partial charge in [0.2, 0.25) is 0 Å². The van der Waals surface area contributed by atoms with Crippen LogP contribution in [-0.2, 0) is 0 Å². The van der Waals surface area contributed by atoms with Crippen molar-refractivity contribution in [2.45, 2.75) is 12.8 Å². The molecule has 0 aromatic heterocycles. The number of benzene rings is 2. The van der Waals surface area contributed by atoms with E-state index in [2.05, 4.69) is 10.6 Å². The standard InChI is InChI=1S/C19H20N2O3/c22-13-19(10-11-19)12-20-18(24)15-8-4-5-9-16(15)21-17(23)14-6-2-1-3-7-14/h1-9,22H,10-13H2,(H,20,24)(H,21,23). The molecule has 2 amide bonds. The molecule has 2 aromatic carbocycles. The molecule has 3 N–H and O–H groups in total. The molecule has 0 heterocycles. The molecule has 0 unspecified atom stereocenters. The summed E-state index contributed by atoms with van der Waals surface area (Å²) in [6.07, 6.45) is 1.85. The third-order valence-electron chi connectivity index (χ3n) is 4.37. The molecule has 5 heteroatoms. The summed E-state index contributed by atoms with van der Waals surface area (Å²) in [5.41, 5.74) is 1.26. The predicted molar refractivity (Wildman–Crippen MR) is 91.9 cm³/mol. The number of nitrogens with one attached hydrogen (secondary N) is 2. The first-order valence-corrected chi connectivity index (χ1v) is 7.98. The Balaban J connectivity index is 1.70. The first-order chi connectivity index (χ1) is 11.6. The zero-order valence-electron chi connectivity index (χ0n) is 13.3. The van der Waals surface area contributed by atoms with Gasteiger partial charge in [0.05, 0.1) is 17.9 Å². The second kappa shape index (κ2) is 6.84. The number of anilines is 1. The Kier molecular flexibility index (Phi) is 4.62. The summed E-state index contributed by atoms with van der Waals surface area (Å²) in [5, 5.41) is 15.0. The number of aliphatic hydroxyl groups is 1. The van der Waals surface area contributed by atoms with E-state index in [0.717, 1.165) is 12.8 Å². The lowest BCUT2D eigenvalue weighted by molar-refractivity contribution is 0.0936. The minimum atomic E-state index is -0.259. The van der Waals surface area contributed by atoms with Crippen LogP contribution in [0.2, 0.25) is 0 Å². The molecule has 1 aliphatic carbocycles. The highest BCUT2D eigenvalue weighted by Gasteiger charge is 2.42. The van der Waals surface area contributed by atoms with E-state index < -0.39 is 0 Å². The summed E-state index contributed by atoms with van der Waals surface area (Å²) >= 11 is 0. The van der Waals surface area contributed by atoms with Gasteiger partial charge >= 0.3 is 0 Å². The Hall–Kier alpha value is -2.66. The van der Waals surface area contributed by atoms with E-state index >= 15 is 0 Å². The molecule has 0 atom stereocenters. The number of amides is 2. The van der Waals surface area contributed by atoms with E-state index in [-0.39, 0.29) is 23.8 Å². The van der Waals surface area contributed by atoms with Crippen LogP contribution < -0.4 is 10.6 Å². The van der Waals surface area contributed by atoms with Crippen molar-refractivity contribution >= 4 is 17.5 Å². The highest BCUT2D eigenvalue weighted by Crippen LogP contribution is 2.44. The Labute approximate surface area is 140 Å². The Morgan fingerprint density at radius 3 is 2.29 bits per heavy atom. The molecule has 0 saturated heterocycles. The minimum absolute atomic E-state index is 0.0830. The molecular weight excluding hydrogens is 304 g/mol. The van der Waals surface area contributed by atoms with Crippen LogP contribution >= 0.6 is 0 Å². The zero-order valence-corrected chi connectivity index (χ0v) is 13.3. The van der Waals surface area contributed by atoms with E-state index in [9.17, 15) is 14.7 Å². The van der Waals surface area contributed by atoms with Crippen molar-refractivity contribution in [1.82, 2.24) is 5.32 Å². The monoisotopic (exact) mass is 324 g/mol. The fourth-order valence-electron chi connectivity index (χ4n) is 2.50. The molecule has 5 nitrogen and oxygen atoms in total. The van der Waals surface area contributed by atoms with Crippen LogP contribution in [0.15, 0.2) is 54.6 Å². The van der Waals surface area contributed by atoms with Crippen LogP contribution in [-0.4, -0.2) is 30.1 Å². The molecule has 0 radical (unpaired) electrons. The van der Waals surface area contributed by atoms with Crippen molar-refractivity contribution in [2.75, 3.05) is 18.5 Å². The van der Waals surface area contributed by atoms with Crippen LogP contribution in [0.5, 0.6) is 0 Å². The quantitative estimate of drug-likeness (QED) is 0.764. The number of aliphatic hydroxyl groups excluding tert-OH is 1. The average Bonchev–Trinajstić information content (AvgIpc) is 3.41. The van der Waals surface area contributed by atoms with Crippen LogP contribution in [0.3, 0.4) is 0 Å². The van der Waals surface area contributed by atoms with Crippen molar-refractivity contribution < 1.29 is 14.7 Å². The van der Waals surface area contributed by atoms with Crippen LogP contribution in [0.25, 0.3) is 0 Å². The highest BCUT2D eigenvalue weighted by atomic mass is 16.3. The molecule has 1 aliphatic rings. The maximum Gasteiger partial charge on any atom is 0.255 e. The topological polar surface area (TPSA) is 78.4 Å². The maximum atomic E-state index is 12.4. The van der Waals surface area contributed by atoms with Gasteiger partial charge in [-0.2, -0.15) is 0 Å². The molecule has 24 heavy (non-hydrogen) atoms. The SMILES string of the molecule is O=C(Nc1ccccc1C(=O)NCC1(CO)CC1)c1ccccc1. The summed E-state index contributed by atoms with van der Waals surface area (Å²) in [5.74, 6) is -0.511. The van der Waals surface area contributed by atoms with Crippen molar-refractivity contribution in [1.29, 1.82) is 0 Å². The van der Waals surface area contributed by atoms with Crippen LogP contribution in [0, 0.1) is 5.41 Å². The smallest absolute Gasteiger partial charge is 0.255 e. The molecule has 2 aromatic rings. The zero-order chi connectivity index (χ0) is 17.0. The van der Waals surface area contributed by atoms with Gasteiger partial charge in [-0.3, -0.25) is 9.59 Å². The van der Waals surface area contributed by atoms with Crippen molar-refractivity contribution in [3.8, 4) is 0 Å². The molecule has 3 rings (SSSR count). The largest absolute Gasteiger partial charge is 0.396 e. The van der Waals surface area contributed by atoms with Crippen LogP contribution in [0.4, 0.5) is 5.69 Å². The maximum absolute atomic E-state index is 12.4. The van der Waals surface area contributed by atoms with Gasteiger partial charge in [0.25, 0.3) is 11.8 Å². The number of rotatable bonds is 6. The van der Waals surface area contributed by atoms with E-state index in [1.54, 1.807) is 48.5 Å². The molecule has 0 bridgehead atoms. The van der Waals surface area contributed by atoms with E-state index in [0.29, 0.717) is 23.4 Å². The third-order valence-corrected chi connectivity index (χ3v) is 4.37. The number of para-hydroxylation sites is 1. The number of hydrogen-bond donors (Lipinski definition) is 3. The summed E-state index contributed by atoms with van der Waals surface area (Å²) in [6, 6.07) is 15.8. The summed E-state index contributed by atoms with van der Waals surface area (Å²) in [4.78, 5) is 24.7. The third kappa shape index (κ3) is 3.63. The van der Waals surface area contributed by atoms with Gasteiger partial charge in [-0.05, 0) is 37.1 Å². The predicted octanol–water partition coefficient (Wildman–Crippen LogP) is 2.44. The Morgan fingerprint density at radius 1 is 0.958 bits per heavy atom. The van der Waals surface area contributed by atoms with E-state index in [4.69, 9.17) is 0 Å². The number of carbonyl (C=O) groups excluding carboxylic acids is 2. The van der Waals surface area contributed by atoms with Crippen molar-refractivity contribution in [3.63, 3.8) is 0 Å². The molecule has 1 saturated carbocycles. The fraction of sp³-hybridized carbons (Fsp3) is 0.263. The molecular formula is C19H20N2O3. The number of carbonyl (C=O) groups is 2. The second-order valence-electron chi connectivity index (χ2n) is 6.21.